The first-order valence-electron chi connectivity index (χ1n) is 6.50. The van der Waals surface area contributed by atoms with E-state index in [-0.39, 0.29) is 23.5 Å². The minimum atomic E-state index is -0.167. The van der Waals surface area contributed by atoms with Crippen LogP contribution in [0.2, 0.25) is 0 Å². The van der Waals surface area contributed by atoms with Crippen molar-refractivity contribution in [1.29, 1.82) is 0 Å². The molecule has 0 aromatic carbocycles. The summed E-state index contributed by atoms with van der Waals surface area (Å²) in [6.45, 7) is 7.02. The number of rotatable bonds is 4. The van der Waals surface area contributed by atoms with Crippen LogP contribution < -0.4 is 16.6 Å². The maximum absolute atomic E-state index is 12.2. The number of nitrogens with one attached hydrogen (secondary N) is 2. The Morgan fingerprint density at radius 1 is 1.47 bits per heavy atom. The van der Waals surface area contributed by atoms with Crippen molar-refractivity contribution >= 4 is 17.0 Å². The summed E-state index contributed by atoms with van der Waals surface area (Å²) in [5.74, 6) is 0.393. The van der Waals surface area contributed by atoms with Gasteiger partial charge in [-0.15, -0.1) is 0 Å². The van der Waals surface area contributed by atoms with Crippen LogP contribution in [0.1, 0.15) is 38.3 Å². The van der Waals surface area contributed by atoms with E-state index in [1.54, 1.807) is 0 Å². The molecule has 2 aromatic heterocycles. The first-order chi connectivity index (χ1) is 8.95. The molecule has 1 atom stereocenters. The molecule has 0 aliphatic heterocycles. The van der Waals surface area contributed by atoms with Gasteiger partial charge in [-0.25, -0.2) is 0 Å². The van der Waals surface area contributed by atoms with Crippen LogP contribution in [-0.4, -0.2) is 28.1 Å². The van der Waals surface area contributed by atoms with Crippen molar-refractivity contribution in [3.05, 3.63) is 22.1 Å². The molecule has 0 saturated heterocycles. The van der Waals surface area contributed by atoms with E-state index in [0.717, 1.165) is 12.1 Å². The van der Waals surface area contributed by atoms with E-state index in [1.165, 1.54) is 0 Å². The predicted octanol–water partition coefficient (Wildman–Crippen LogP) is 1.21. The van der Waals surface area contributed by atoms with Gasteiger partial charge >= 0.3 is 0 Å². The number of hydrogen-bond donors (Lipinski definition) is 3. The summed E-state index contributed by atoms with van der Waals surface area (Å²) in [5, 5.41) is 3.78. The van der Waals surface area contributed by atoms with Crippen LogP contribution in [0.3, 0.4) is 0 Å². The number of anilines is 1. The van der Waals surface area contributed by atoms with Gasteiger partial charge in [-0.1, -0.05) is 6.92 Å². The Bertz CT molecular complexity index is 640. The van der Waals surface area contributed by atoms with Crippen LogP contribution in [0.4, 0.5) is 5.95 Å². The molecule has 0 fully saturated rings. The fourth-order valence-corrected chi connectivity index (χ4v) is 2.38. The summed E-state index contributed by atoms with van der Waals surface area (Å²) in [5.41, 5.74) is 7.15. The van der Waals surface area contributed by atoms with E-state index >= 15 is 0 Å². The molecule has 0 amide bonds. The molecule has 2 heterocycles. The first kappa shape index (κ1) is 13.6. The highest BCUT2D eigenvalue weighted by molar-refractivity contribution is 5.81. The summed E-state index contributed by atoms with van der Waals surface area (Å²) in [4.78, 5) is 19.0. The van der Waals surface area contributed by atoms with Crippen molar-refractivity contribution < 1.29 is 0 Å². The topological polar surface area (TPSA) is 88.7 Å². The summed E-state index contributed by atoms with van der Waals surface area (Å²) in [6.07, 6.45) is 2.01. The maximum atomic E-state index is 12.2. The third-order valence-corrected chi connectivity index (χ3v) is 3.33. The number of fused-ring (bicyclic) bond motifs is 1. The zero-order valence-corrected chi connectivity index (χ0v) is 11.8. The lowest BCUT2D eigenvalue weighted by atomic mass is 10.0. The van der Waals surface area contributed by atoms with Gasteiger partial charge in [0.15, 0.2) is 0 Å². The standard InChI is InChI=1S/C13H21N5O/c1-7(2)18-6-9(8(3)5-15-4)10-11(18)16-13(14)17-12(10)19/h6-8,15H,5H2,1-4H3,(H3,14,16,17,19). The normalized spacial score (nSPS) is 13.3. The number of nitrogens with two attached hydrogens (primary N) is 1. The Hall–Kier alpha value is -1.82. The number of likely N-dealkylation sites (N-methyl/N-ethyl adjacent to an activating group) is 1. The molecule has 104 valence electrons. The summed E-state index contributed by atoms with van der Waals surface area (Å²) in [6, 6.07) is 0.228. The predicted molar refractivity (Wildman–Crippen MR) is 77.5 cm³/mol. The number of nitrogen functional groups attached to an aromatic ring is 1. The van der Waals surface area contributed by atoms with E-state index in [9.17, 15) is 4.79 Å². The highest BCUT2D eigenvalue weighted by Crippen LogP contribution is 2.26. The smallest absolute Gasteiger partial charge is 0.262 e. The molecule has 0 bridgehead atoms. The number of H-pyrrole nitrogens is 1. The molecule has 4 N–H and O–H groups in total. The average Bonchev–Trinajstić information content (AvgIpc) is 2.68. The monoisotopic (exact) mass is 263 g/mol. The fraction of sp³-hybridized carbons (Fsp3) is 0.538. The molecule has 2 rings (SSSR count). The summed E-state index contributed by atoms with van der Waals surface area (Å²) < 4.78 is 2.00. The van der Waals surface area contributed by atoms with Crippen molar-refractivity contribution in [2.24, 2.45) is 0 Å². The van der Waals surface area contributed by atoms with Crippen molar-refractivity contribution in [2.45, 2.75) is 32.7 Å². The minimum Gasteiger partial charge on any atom is -0.369 e. The molecule has 2 aromatic rings. The molecule has 0 aliphatic rings. The van der Waals surface area contributed by atoms with Gasteiger partial charge in [0.05, 0.1) is 5.39 Å². The van der Waals surface area contributed by atoms with Crippen molar-refractivity contribution in [3.8, 4) is 0 Å². The van der Waals surface area contributed by atoms with E-state index in [1.807, 2.05) is 17.8 Å². The van der Waals surface area contributed by atoms with Crippen LogP contribution >= 0.6 is 0 Å². The second-order valence-electron chi connectivity index (χ2n) is 5.19. The van der Waals surface area contributed by atoms with Gasteiger partial charge < -0.3 is 15.6 Å². The summed E-state index contributed by atoms with van der Waals surface area (Å²) in [7, 11) is 1.90. The summed E-state index contributed by atoms with van der Waals surface area (Å²) >= 11 is 0. The zero-order chi connectivity index (χ0) is 14.2. The van der Waals surface area contributed by atoms with Crippen molar-refractivity contribution in [3.63, 3.8) is 0 Å². The van der Waals surface area contributed by atoms with Crippen LogP contribution in [0, 0.1) is 0 Å². The zero-order valence-electron chi connectivity index (χ0n) is 11.8. The third kappa shape index (κ3) is 2.35. The molecule has 19 heavy (non-hydrogen) atoms. The average molecular weight is 263 g/mol. The van der Waals surface area contributed by atoms with Crippen LogP contribution in [0.5, 0.6) is 0 Å². The van der Waals surface area contributed by atoms with Gasteiger partial charge in [0.2, 0.25) is 5.95 Å². The molecule has 6 heteroatoms. The van der Waals surface area contributed by atoms with Gasteiger partial charge in [-0.2, -0.15) is 4.98 Å². The fourth-order valence-electron chi connectivity index (χ4n) is 2.38. The Kier molecular flexibility index (Phi) is 3.61. The lowest BCUT2D eigenvalue weighted by Gasteiger charge is -2.09. The van der Waals surface area contributed by atoms with Crippen LogP contribution in [0.15, 0.2) is 11.0 Å². The van der Waals surface area contributed by atoms with Gasteiger partial charge in [-0.05, 0) is 32.4 Å². The Labute approximate surface area is 112 Å². The van der Waals surface area contributed by atoms with Gasteiger partial charge in [0.1, 0.15) is 5.65 Å². The highest BCUT2D eigenvalue weighted by atomic mass is 16.1. The molecule has 0 spiro atoms. The van der Waals surface area contributed by atoms with Gasteiger partial charge in [0.25, 0.3) is 5.56 Å². The molecular formula is C13H21N5O. The van der Waals surface area contributed by atoms with E-state index in [0.29, 0.717) is 11.0 Å². The molecule has 0 aliphatic carbocycles. The maximum Gasteiger partial charge on any atom is 0.262 e. The number of hydrogen-bond acceptors (Lipinski definition) is 4. The SMILES string of the molecule is CNCC(C)c1cn(C(C)C)c2nc(N)[nH]c(=O)c12. The molecule has 0 saturated carbocycles. The second-order valence-corrected chi connectivity index (χ2v) is 5.19. The van der Waals surface area contributed by atoms with Crippen LogP contribution in [0.25, 0.3) is 11.0 Å². The van der Waals surface area contributed by atoms with Crippen LogP contribution in [-0.2, 0) is 0 Å². The quantitative estimate of drug-likeness (QED) is 0.773. The number of nitrogens with zero attached hydrogens (tertiary/aromatic N) is 2. The minimum absolute atomic E-state index is 0.158. The van der Waals surface area contributed by atoms with Crippen molar-refractivity contribution in [2.75, 3.05) is 19.3 Å². The Morgan fingerprint density at radius 2 is 2.16 bits per heavy atom. The lowest BCUT2D eigenvalue weighted by Crippen LogP contribution is -2.17. The lowest BCUT2D eigenvalue weighted by molar-refractivity contribution is 0.610. The third-order valence-electron chi connectivity index (χ3n) is 3.33. The second kappa shape index (κ2) is 5.05. The molecular weight excluding hydrogens is 242 g/mol. The first-order valence-corrected chi connectivity index (χ1v) is 6.50. The van der Waals surface area contributed by atoms with Gasteiger partial charge in [-0.3, -0.25) is 9.78 Å². The Morgan fingerprint density at radius 3 is 2.74 bits per heavy atom. The molecule has 6 nitrogen and oxygen atoms in total. The van der Waals surface area contributed by atoms with E-state index < -0.39 is 0 Å². The number of aromatic amines is 1. The molecule has 0 radical (unpaired) electrons. The molecule has 1 unspecified atom stereocenters. The highest BCUT2D eigenvalue weighted by Gasteiger charge is 2.19. The van der Waals surface area contributed by atoms with E-state index in [4.69, 9.17) is 5.73 Å². The number of aromatic nitrogens is 3. The Balaban J connectivity index is 2.75. The van der Waals surface area contributed by atoms with E-state index in [2.05, 4.69) is 36.1 Å². The van der Waals surface area contributed by atoms with Crippen molar-refractivity contribution in [1.82, 2.24) is 19.9 Å². The van der Waals surface area contributed by atoms with Gasteiger partial charge in [0, 0.05) is 18.8 Å². The largest absolute Gasteiger partial charge is 0.369 e.